The lowest BCUT2D eigenvalue weighted by Crippen LogP contribution is -1.94. The topological polar surface area (TPSA) is 43.3 Å². The first-order valence-corrected chi connectivity index (χ1v) is 14.2. The molecule has 0 unspecified atom stereocenters. The van der Waals surface area contributed by atoms with E-state index in [1.54, 1.807) is 0 Å². The molecule has 0 spiro atoms. The molecule has 0 saturated carbocycles. The smallest absolute Gasteiger partial charge is 0.228 e. The Labute approximate surface area is 239 Å². The Morgan fingerprint density at radius 3 is 2.19 bits per heavy atom. The molecule has 4 aromatic heterocycles. The van der Waals surface area contributed by atoms with Crippen LogP contribution in [-0.2, 0) is 0 Å². The maximum atomic E-state index is 6.30. The third-order valence-corrected chi connectivity index (χ3v) is 8.75. The summed E-state index contributed by atoms with van der Waals surface area (Å²) >= 11 is 0. The molecule has 4 heterocycles. The number of pyridine rings is 2. The molecule has 0 radical (unpaired) electrons. The number of fused-ring (bicyclic) bond motifs is 14. The molecule has 0 aliphatic heterocycles. The van der Waals surface area contributed by atoms with Gasteiger partial charge >= 0.3 is 0 Å². The van der Waals surface area contributed by atoms with Gasteiger partial charge in [-0.3, -0.25) is 4.40 Å². The van der Waals surface area contributed by atoms with Crippen molar-refractivity contribution in [3.05, 3.63) is 127 Å². The second-order valence-electron chi connectivity index (χ2n) is 11.0. The Bertz CT molecular complexity index is 2750. The van der Waals surface area contributed by atoms with Crippen LogP contribution < -0.4 is 0 Å². The molecular weight excluding hydrogens is 514 g/mol. The zero-order valence-electron chi connectivity index (χ0n) is 22.4. The molecule has 0 aliphatic carbocycles. The Hall–Kier alpha value is -5.74. The molecule has 0 N–H and O–H groups in total. The number of benzene rings is 6. The third-order valence-electron chi connectivity index (χ3n) is 8.75. The largest absolute Gasteiger partial charge is 0.438 e. The van der Waals surface area contributed by atoms with Crippen LogP contribution in [0.1, 0.15) is 0 Å². The lowest BCUT2D eigenvalue weighted by molar-refractivity contribution is 0.656. The Kier molecular flexibility index (Phi) is 4.15. The average Bonchev–Trinajstić information content (AvgIpc) is 3.62. The van der Waals surface area contributed by atoms with E-state index in [9.17, 15) is 0 Å². The van der Waals surface area contributed by atoms with Crippen molar-refractivity contribution in [2.24, 2.45) is 0 Å². The summed E-state index contributed by atoms with van der Waals surface area (Å²) in [6, 6.07) is 44.9. The molecule has 10 rings (SSSR count). The first-order valence-electron chi connectivity index (χ1n) is 14.2. The van der Waals surface area contributed by atoms with E-state index in [1.807, 2.05) is 18.2 Å². The van der Waals surface area contributed by atoms with Crippen LogP contribution in [0, 0.1) is 0 Å². The quantitative estimate of drug-likeness (QED) is 0.196. The van der Waals surface area contributed by atoms with E-state index in [0.717, 1.165) is 60.6 Å². The van der Waals surface area contributed by atoms with E-state index >= 15 is 0 Å². The molecule has 0 aliphatic rings. The number of imidazole rings is 1. The second-order valence-corrected chi connectivity index (χ2v) is 11.0. The zero-order chi connectivity index (χ0) is 27.4. The van der Waals surface area contributed by atoms with Gasteiger partial charge in [0.1, 0.15) is 11.2 Å². The van der Waals surface area contributed by atoms with Crippen molar-refractivity contribution in [1.82, 2.24) is 14.4 Å². The van der Waals surface area contributed by atoms with Gasteiger partial charge in [0.15, 0.2) is 0 Å². The summed E-state index contributed by atoms with van der Waals surface area (Å²) < 4.78 is 8.63. The number of rotatable bonds is 1. The molecule has 42 heavy (non-hydrogen) atoms. The van der Waals surface area contributed by atoms with Gasteiger partial charge in [-0.1, -0.05) is 91.0 Å². The van der Waals surface area contributed by atoms with E-state index in [4.69, 9.17) is 14.4 Å². The van der Waals surface area contributed by atoms with Crippen molar-refractivity contribution >= 4 is 82.1 Å². The highest BCUT2D eigenvalue weighted by atomic mass is 16.3. The van der Waals surface area contributed by atoms with E-state index < -0.39 is 0 Å². The maximum absolute atomic E-state index is 6.30. The summed E-state index contributed by atoms with van der Waals surface area (Å²) in [7, 11) is 0. The van der Waals surface area contributed by atoms with Crippen LogP contribution in [0.2, 0.25) is 0 Å². The van der Waals surface area contributed by atoms with Gasteiger partial charge in [0.25, 0.3) is 0 Å². The van der Waals surface area contributed by atoms with Crippen LogP contribution in [-0.4, -0.2) is 14.4 Å². The standard InChI is InChI=1S/C38H21N3O/c1-2-10-24-22(9-1)17-19-25-28-21-23(18-20-31(28)41-32-15-7-6-14-30(32)39-37(41)35(24)25)34-26-11-3-5-13-29(26)40-38-36(34)27-12-4-8-16-33(27)42-38/h1-21H. The first kappa shape index (κ1) is 22.0. The van der Waals surface area contributed by atoms with Gasteiger partial charge in [-0.15, -0.1) is 0 Å². The molecule has 4 nitrogen and oxygen atoms in total. The summed E-state index contributed by atoms with van der Waals surface area (Å²) in [5, 5.41) is 9.21. The Morgan fingerprint density at radius 1 is 0.500 bits per heavy atom. The Balaban J connectivity index is 1.43. The molecule has 194 valence electrons. The summed E-state index contributed by atoms with van der Waals surface area (Å²) in [6.45, 7) is 0. The molecule has 0 bridgehead atoms. The van der Waals surface area contributed by atoms with Crippen LogP contribution in [0.15, 0.2) is 132 Å². The number of hydrogen-bond acceptors (Lipinski definition) is 3. The van der Waals surface area contributed by atoms with Gasteiger partial charge in [-0.25, -0.2) is 9.97 Å². The summed E-state index contributed by atoms with van der Waals surface area (Å²) in [6.07, 6.45) is 0. The van der Waals surface area contributed by atoms with Crippen LogP contribution in [0.3, 0.4) is 0 Å². The van der Waals surface area contributed by atoms with Gasteiger partial charge in [0.05, 0.1) is 27.5 Å². The summed E-state index contributed by atoms with van der Waals surface area (Å²) in [5.74, 6) is 0. The van der Waals surface area contributed by atoms with Crippen molar-refractivity contribution in [3.8, 4) is 11.1 Å². The third kappa shape index (κ3) is 2.80. The lowest BCUT2D eigenvalue weighted by atomic mass is 9.93. The summed E-state index contributed by atoms with van der Waals surface area (Å²) in [5.41, 5.74) is 8.94. The lowest BCUT2D eigenvalue weighted by Gasteiger charge is -2.14. The number of hydrogen-bond donors (Lipinski definition) is 0. The number of nitrogens with zero attached hydrogens (tertiary/aromatic N) is 3. The van der Waals surface area contributed by atoms with E-state index in [0.29, 0.717) is 5.71 Å². The highest BCUT2D eigenvalue weighted by molar-refractivity contribution is 6.25. The van der Waals surface area contributed by atoms with Gasteiger partial charge in [0.2, 0.25) is 5.71 Å². The van der Waals surface area contributed by atoms with E-state index in [1.165, 1.54) is 26.9 Å². The number of para-hydroxylation sites is 4. The molecule has 4 heteroatoms. The first-order chi connectivity index (χ1) is 20.8. The minimum atomic E-state index is 0.664. The normalized spacial score (nSPS) is 12.3. The highest BCUT2D eigenvalue weighted by Gasteiger charge is 2.20. The van der Waals surface area contributed by atoms with Crippen LogP contribution in [0.25, 0.3) is 93.2 Å². The predicted octanol–water partition coefficient (Wildman–Crippen LogP) is 10.1. The minimum absolute atomic E-state index is 0.664. The summed E-state index contributed by atoms with van der Waals surface area (Å²) in [4.78, 5) is 10.1. The van der Waals surface area contributed by atoms with Gasteiger partial charge < -0.3 is 4.42 Å². The van der Waals surface area contributed by atoms with Crippen LogP contribution in [0.5, 0.6) is 0 Å². The number of furan rings is 1. The SMILES string of the molecule is c1ccc2c(c1)ccc1c3cc(-c4c5ccccc5nc5oc6ccccc6c45)ccc3n3c4ccccc4nc3c21. The molecule has 0 fully saturated rings. The molecular formula is C38H21N3O. The highest BCUT2D eigenvalue weighted by Crippen LogP contribution is 2.43. The fourth-order valence-corrected chi connectivity index (χ4v) is 6.96. The van der Waals surface area contributed by atoms with Crippen molar-refractivity contribution < 1.29 is 4.42 Å². The van der Waals surface area contributed by atoms with Gasteiger partial charge in [-0.05, 0) is 58.1 Å². The molecule has 0 saturated heterocycles. The fraction of sp³-hybridized carbons (Fsp3) is 0. The van der Waals surface area contributed by atoms with Crippen LogP contribution >= 0.6 is 0 Å². The number of aromatic nitrogens is 3. The fourth-order valence-electron chi connectivity index (χ4n) is 6.96. The molecule has 0 atom stereocenters. The zero-order valence-corrected chi connectivity index (χ0v) is 22.4. The maximum Gasteiger partial charge on any atom is 0.228 e. The molecule has 10 aromatic rings. The van der Waals surface area contributed by atoms with E-state index in [2.05, 4.69) is 114 Å². The van der Waals surface area contributed by atoms with Crippen molar-refractivity contribution in [2.45, 2.75) is 0 Å². The average molecular weight is 536 g/mol. The molecule has 0 amide bonds. The van der Waals surface area contributed by atoms with E-state index in [-0.39, 0.29) is 0 Å². The molecule has 6 aromatic carbocycles. The van der Waals surface area contributed by atoms with Crippen molar-refractivity contribution in [3.63, 3.8) is 0 Å². The minimum Gasteiger partial charge on any atom is -0.438 e. The van der Waals surface area contributed by atoms with Crippen molar-refractivity contribution in [1.29, 1.82) is 0 Å². The monoisotopic (exact) mass is 535 g/mol. The second kappa shape index (κ2) is 7.93. The van der Waals surface area contributed by atoms with Crippen LogP contribution in [0.4, 0.5) is 0 Å². The van der Waals surface area contributed by atoms with Crippen molar-refractivity contribution in [2.75, 3.05) is 0 Å². The van der Waals surface area contributed by atoms with Gasteiger partial charge in [-0.2, -0.15) is 0 Å². The van der Waals surface area contributed by atoms with Gasteiger partial charge in [0, 0.05) is 27.1 Å². The predicted molar refractivity (Wildman–Crippen MR) is 173 cm³/mol. The Morgan fingerprint density at radius 2 is 1.26 bits per heavy atom.